The van der Waals surface area contributed by atoms with Crippen LogP contribution in [0.25, 0.3) is 0 Å². The van der Waals surface area contributed by atoms with Gasteiger partial charge in [-0.15, -0.1) is 0 Å². The molecule has 3 nitrogen and oxygen atoms in total. The van der Waals surface area contributed by atoms with Crippen LogP contribution in [-0.4, -0.2) is 29.0 Å². The van der Waals surface area contributed by atoms with Crippen molar-refractivity contribution >= 4 is 52.3 Å². The van der Waals surface area contributed by atoms with Crippen molar-refractivity contribution in [2.24, 2.45) is 0 Å². The first kappa shape index (κ1) is 18.2. The maximum absolute atomic E-state index is 12.5. The number of halogens is 4. The van der Waals surface area contributed by atoms with Gasteiger partial charge in [0.15, 0.2) is 0 Å². The number of likely N-dealkylation sites (tertiary alicyclic amines) is 1. The molecule has 7 heteroatoms. The molecule has 1 aromatic rings. The van der Waals surface area contributed by atoms with E-state index in [2.05, 4.69) is 5.32 Å². The topological polar surface area (TPSA) is 33.5 Å². The summed E-state index contributed by atoms with van der Waals surface area (Å²) >= 11 is 24.4. The lowest BCUT2D eigenvalue weighted by Crippen LogP contribution is -3.19. The zero-order valence-corrected chi connectivity index (χ0v) is 15.1. The molecule has 2 N–H and O–H groups in total. The van der Waals surface area contributed by atoms with Crippen molar-refractivity contribution in [1.82, 2.24) is 5.32 Å². The van der Waals surface area contributed by atoms with E-state index in [0.717, 1.165) is 30.8 Å². The van der Waals surface area contributed by atoms with Gasteiger partial charge in [-0.05, 0) is 37.8 Å². The second-order valence-corrected chi connectivity index (χ2v) is 8.28. The van der Waals surface area contributed by atoms with Gasteiger partial charge < -0.3 is 4.90 Å². The van der Waals surface area contributed by atoms with Gasteiger partial charge in [0.1, 0.15) is 0 Å². The number of hydrogen-bond acceptors (Lipinski definition) is 1. The second kappa shape index (κ2) is 8.07. The summed E-state index contributed by atoms with van der Waals surface area (Å²) in [5.41, 5.74) is 0.387. The quantitative estimate of drug-likeness (QED) is 0.770. The monoisotopic (exact) mass is 383 g/mol. The van der Waals surface area contributed by atoms with Crippen LogP contribution in [0.5, 0.6) is 0 Å². The third kappa shape index (κ3) is 4.90. The molecule has 0 aromatic heterocycles. The number of carbonyl (C=O) groups excluding carboxylic acids is 1. The van der Waals surface area contributed by atoms with Crippen LogP contribution in [0.15, 0.2) is 24.3 Å². The lowest BCUT2D eigenvalue weighted by molar-refractivity contribution is -0.926. The van der Waals surface area contributed by atoms with E-state index in [9.17, 15) is 4.79 Å². The first-order valence-corrected chi connectivity index (χ1v) is 8.87. The summed E-state index contributed by atoms with van der Waals surface area (Å²) in [6.45, 7) is 1.75. The molecule has 0 unspecified atom stereocenters. The minimum absolute atomic E-state index is 0.321. The zero-order chi connectivity index (χ0) is 16.2. The van der Waals surface area contributed by atoms with Crippen molar-refractivity contribution in [2.75, 3.05) is 13.1 Å². The van der Waals surface area contributed by atoms with E-state index >= 15 is 0 Å². The Kier molecular flexibility index (Phi) is 6.66. The number of quaternary nitrogens is 1. The van der Waals surface area contributed by atoms with Crippen LogP contribution in [0.4, 0.5) is 0 Å². The molecule has 1 amide bonds. The van der Waals surface area contributed by atoms with Crippen LogP contribution in [-0.2, 0) is 0 Å². The molecular weight excluding hydrogens is 366 g/mol. The minimum atomic E-state index is -1.57. The lowest BCUT2D eigenvalue weighted by atomic mass is 10.2. The highest BCUT2D eigenvalue weighted by atomic mass is 35.6. The number of nitrogens with one attached hydrogen (secondary N) is 2. The summed E-state index contributed by atoms with van der Waals surface area (Å²) in [4.78, 5) is 13.6. The minimum Gasteiger partial charge on any atom is -0.312 e. The summed E-state index contributed by atoms with van der Waals surface area (Å²) in [5, 5.41) is 3.24. The van der Waals surface area contributed by atoms with E-state index < -0.39 is 9.96 Å². The van der Waals surface area contributed by atoms with Crippen molar-refractivity contribution < 1.29 is 9.69 Å². The number of alkyl halides is 3. The number of amides is 1. The van der Waals surface area contributed by atoms with E-state index in [0.29, 0.717) is 10.6 Å². The van der Waals surface area contributed by atoms with Gasteiger partial charge in [0.05, 0.1) is 23.7 Å². The number of rotatable bonds is 3. The maximum atomic E-state index is 12.5. The molecule has 1 aliphatic heterocycles. The highest BCUT2D eigenvalue weighted by molar-refractivity contribution is 6.68. The molecule has 1 fully saturated rings. The Hall–Kier alpha value is -0.190. The van der Waals surface area contributed by atoms with E-state index in [-0.39, 0.29) is 5.91 Å². The SMILES string of the molecule is O=C(N[C@H]([NH+]1CCCCCC1)C(Cl)(Cl)Cl)c1ccccc1Cl. The van der Waals surface area contributed by atoms with Crippen LogP contribution in [0, 0.1) is 0 Å². The van der Waals surface area contributed by atoms with Gasteiger partial charge in [0.2, 0.25) is 6.17 Å². The normalized spacial score (nSPS) is 18.5. The molecule has 0 aliphatic carbocycles. The van der Waals surface area contributed by atoms with Crippen molar-refractivity contribution in [2.45, 2.75) is 35.6 Å². The van der Waals surface area contributed by atoms with E-state index in [1.165, 1.54) is 12.8 Å². The highest BCUT2D eigenvalue weighted by Gasteiger charge is 2.42. The first-order chi connectivity index (χ1) is 10.4. The fourth-order valence-corrected chi connectivity index (χ4v) is 3.59. The average Bonchev–Trinajstić information content (AvgIpc) is 2.72. The molecule has 22 heavy (non-hydrogen) atoms. The van der Waals surface area contributed by atoms with Gasteiger partial charge in [0.25, 0.3) is 9.70 Å². The largest absolute Gasteiger partial charge is 0.312 e. The Labute approximate surface area is 150 Å². The van der Waals surface area contributed by atoms with Gasteiger partial charge in [-0.2, -0.15) is 0 Å². The molecule has 1 aliphatic rings. The van der Waals surface area contributed by atoms with Gasteiger partial charge >= 0.3 is 0 Å². The summed E-state index contributed by atoms with van der Waals surface area (Å²) in [5.74, 6) is -0.321. The fourth-order valence-electron chi connectivity index (χ4n) is 2.74. The van der Waals surface area contributed by atoms with Crippen molar-refractivity contribution in [1.29, 1.82) is 0 Å². The Balaban J connectivity index is 2.16. The Bertz CT molecular complexity index is 511. The predicted molar refractivity (Wildman–Crippen MR) is 92.2 cm³/mol. The number of hydrogen-bond donors (Lipinski definition) is 2. The molecule has 0 bridgehead atoms. The van der Waals surface area contributed by atoms with Crippen molar-refractivity contribution in [3.05, 3.63) is 34.9 Å². The molecule has 2 rings (SSSR count). The molecular formula is C15H19Cl4N2O+. The van der Waals surface area contributed by atoms with Crippen LogP contribution in [0.1, 0.15) is 36.0 Å². The molecule has 1 aromatic carbocycles. The van der Waals surface area contributed by atoms with Crippen LogP contribution in [0.3, 0.4) is 0 Å². The first-order valence-electron chi connectivity index (χ1n) is 7.36. The highest BCUT2D eigenvalue weighted by Crippen LogP contribution is 2.28. The van der Waals surface area contributed by atoms with E-state index in [1.54, 1.807) is 24.3 Å². The maximum Gasteiger partial charge on any atom is 0.262 e. The Morgan fingerprint density at radius 3 is 2.23 bits per heavy atom. The lowest BCUT2D eigenvalue weighted by Gasteiger charge is -2.32. The molecule has 0 saturated carbocycles. The van der Waals surface area contributed by atoms with Crippen molar-refractivity contribution in [3.8, 4) is 0 Å². The van der Waals surface area contributed by atoms with E-state index in [1.807, 2.05) is 0 Å². The molecule has 1 heterocycles. The van der Waals surface area contributed by atoms with Crippen LogP contribution in [0.2, 0.25) is 5.02 Å². The molecule has 1 atom stereocenters. The van der Waals surface area contributed by atoms with Gasteiger partial charge in [-0.3, -0.25) is 10.1 Å². The van der Waals surface area contributed by atoms with Gasteiger partial charge in [0, 0.05) is 0 Å². The summed E-state index contributed by atoms with van der Waals surface area (Å²) in [6, 6.07) is 6.85. The van der Waals surface area contributed by atoms with Gasteiger partial charge in [-0.25, -0.2) is 0 Å². The summed E-state index contributed by atoms with van der Waals surface area (Å²) < 4.78 is -1.57. The smallest absolute Gasteiger partial charge is 0.262 e. The third-order valence-corrected chi connectivity index (χ3v) is 4.86. The number of benzene rings is 1. The molecule has 1 saturated heterocycles. The Morgan fingerprint density at radius 1 is 1.09 bits per heavy atom. The standard InChI is InChI=1S/C15H18Cl4N2O/c16-12-8-4-3-7-11(12)13(22)20-14(15(17,18)19)21-9-5-1-2-6-10-21/h3-4,7-8,14H,1-2,5-6,9-10H2,(H,20,22)/p+1/t14-/m1/s1. The Morgan fingerprint density at radius 2 is 1.68 bits per heavy atom. The zero-order valence-electron chi connectivity index (χ0n) is 12.0. The second-order valence-electron chi connectivity index (χ2n) is 5.50. The third-order valence-electron chi connectivity index (χ3n) is 3.88. The van der Waals surface area contributed by atoms with Crippen LogP contribution < -0.4 is 10.2 Å². The number of carbonyl (C=O) groups is 1. The summed E-state index contributed by atoms with van der Waals surface area (Å²) in [6.07, 6.45) is 3.88. The fraction of sp³-hybridized carbons (Fsp3) is 0.533. The molecule has 0 spiro atoms. The van der Waals surface area contributed by atoms with Crippen LogP contribution >= 0.6 is 46.4 Å². The predicted octanol–water partition coefficient (Wildman–Crippen LogP) is 3.23. The van der Waals surface area contributed by atoms with Gasteiger partial charge in [-0.1, -0.05) is 58.5 Å². The molecule has 122 valence electrons. The van der Waals surface area contributed by atoms with Crippen molar-refractivity contribution in [3.63, 3.8) is 0 Å². The average molecular weight is 385 g/mol. The summed E-state index contributed by atoms with van der Waals surface area (Å²) in [7, 11) is 0. The van der Waals surface area contributed by atoms with E-state index in [4.69, 9.17) is 46.4 Å². The molecule has 0 radical (unpaired) electrons.